The first kappa shape index (κ1) is 20.8. The Bertz CT molecular complexity index is 793. The van der Waals surface area contributed by atoms with Crippen LogP contribution < -0.4 is 0 Å². The summed E-state index contributed by atoms with van der Waals surface area (Å²) < 4.78 is 0. The van der Waals surface area contributed by atoms with Crippen LogP contribution in [-0.2, 0) is 11.3 Å². The van der Waals surface area contributed by atoms with Crippen LogP contribution in [0.15, 0.2) is 29.6 Å². The van der Waals surface area contributed by atoms with Crippen LogP contribution in [0.3, 0.4) is 0 Å². The first-order chi connectivity index (χ1) is 14.2. The van der Waals surface area contributed by atoms with Crippen molar-refractivity contribution in [3.8, 4) is 10.6 Å². The van der Waals surface area contributed by atoms with Gasteiger partial charge in [-0.3, -0.25) is 9.69 Å². The van der Waals surface area contributed by atoms with Crippen molar-refractivity contribution in [2.75, 3.05) is 26.2 Å². The van der Waals surface area contributed by atoms with Gasteiger partial charge in [-0.15, -0.1) is 11.3 Å². The molecular formula is C23H30ClN3OS. The zero-order valence-electron chi connectivity index (χ0n) is 17.0. The molecule has 4 rings (SSSR count). The highest BCUT2D eigenvalue weighted by molar-refractivity contribution is 7.13. The number of carbonyl (C=O) groups excluding carboxylic acids is 1. The van der Waals surface area contributed by atoms with Crippen LogP contribution >= 0.6 is 22.9 Å². The number of carbonyl (C=O) groups is 1. The minimum absolute atomic E-state index is 0.355. The molecule has 1 aliphatic heterocycles. The molecule has 0 N–H and O–H groups in total. The number of thiazole rings is 1. The summed E-state index contributed by atoms with van der Waals surface area (Å²) in [4.78, 5) is 21.8. The number of rotatable bonds is 6. The molecule has 2 heterocycles. The second-order valence-corrected chi connectivity index (χ2v) is 9.65. The maximum Gasteiger partial charge on any atom is 0.222 e. The third-order valence-electron chi connectivity index (χ3n) is 6.24. The van der Waals surface area contributed by atoms with Gasteiger partial charge in [0.15, 0.2) is 0 Å². The summed E-state index contributed by atoms with van der Waals surface area (Å²) in [5.41, 5.74) is 2.22. The summed E-state index contributed by atoms with van der Waals surface area (Å²) in [5, 5.41) is 3.93. The number of piperazine rings is 1. The van der Waals surface area contributed by atoms with E-state index in [0.717, 1.165) is 72.8 Å². The highest BCUT2D eigenvalue weighted by Crippen LogP contribution is 2.28. The number of halogens is 1. The van der Waals surface area contributed by atoms with E-state index >= 15 is 0 Å². The molecule has 1 saturated heterocycles. The fourth-order valence-corrected chi connectivity index (χ4v) is 5.39. The molecule has 1 aromatic heterocycles. The number of hydrogen-bond donors (Lipinski definition) is 0. The fraction of sp³-hybridized carbons (Fsp3) is 0.565. The van der Waals surface area contributed by atoms with E-state index in [-0.39, 0.29) is 0 Å². The molecular weight excluding hydrogens is 402 g/mol. The summed E-state index contributed by atoms with van der Waals surface area (Å²) in [6.45, 7) is 4.41. The molecule has 1 saturated carbocycles. The van der Waals surface area contributed by atoms with Gasteiger partial charge in [-0.25, -0.2) is 4.98 Å². The molecule has 2 fully saturated rings. The van der Waals surface area contributed by atoms with Crippen LogP contribution in [0.2, 0.25) is 5.02 Å². The smallest absolute Gasteiger partial charge is 0.222 e. The van der Waals surface area contributed by atoms with Gasteiger partial charge in [-0.05, 0) is 24.5 Å². The van der Waals surface area contributed by atoms with E-state index in [9.17, 15) is 4.79 Å². The van der Waals surface area contributed by atoms with E-state index in [1.165, 1.54) is 32.1 Å². The Morgan fingerprint density at radius 2 is 1.79 bits per heavy atom. The first-order valence-corrected chi connectivity index (χ1v) is 12.1. The predicted octanol–water partition coefficient (Wildman–Crippen LogP) is 5.47. The molecule has 1 aliphatic carbocycles. The molecule has 1 aromatic carbocycles. The number of hydrogen-bond acceptors (Lipinski definition) is 4. The van der Waals surface area contributed by atoms with E-state index < -0.39 is 0 Å². The molecule has 2 aromatic rings. The number of aromatic nitrogens is 1. The molecule has 2 aliphatic rings. The standard InChI is InChI=1S/C23H30ClN3OS/c24-20-9-7-19(8-10-20)23-25-21(17-29-23)16-26-12-14-27(15-13-26)22(28)11-6-18-4-2-1-3-5-18/h7-10,17-18H,1-6,11-16H2. The largest absolute Gasteiger partial charge is 0.340 e. The average Bonchev–Trinajstić information content (AvgIpc) is 3.22. The van der Waals surface area contributed by atoms with Gasteiger partial charge in [0.2, 0.25) is 5.91 Å². The van der Waals surface area contributed by atoms with Crippen LogP contribution in [0.5, 0.6) is 0 Å². The lowest BCUT2D eigenvalue weighted by Gasteiger charge is -2.34. The van der Waals surface area contributed by atoms with Gasteiger partial charge in [0.05, 0.1) is 5.69 Å². The van der Waals surface area contributed by atoms with E-state index in [0.29, 0.717) is 5.91 Å². The maximum absolute atomic E-state index is 12.6. The van der Waals surface area contributed by atoms with Crippen molar-refractivity contribution in [3.63, 3.8) is 0 Å². The monoisotopic (exact) mass is 431 g/mol. The van der Waals surface area contributed by atoms with Gasteiger partial charge in [0.1, 0.15) is 5.01 Å². The van der Waals surface area contributed by atoms with Gasteiger partial charge in [-0.1, -0.05) is 55.8 Å². The van der Waals surface area contributed by atoms with E-state index in [4.69, 9.17) is 16.6 Å². The third kappa shape index (κ3) is 5.80. The van der Waals surface area contributed by atoms with Gasteiger partial charge in [-0.2, -0.15) is 0 Å². The van der Waals surface area contributed by atoms with Crippen molar-refractivity contribution >= 4 is 28.8 Å². The molecule has 0 atom stereocenters. The molecule has 0 radical (unpaired) electrons. The van der Waals surface area contributed by atoms with Crippen LogP contribution in [0.4, 0.5) is 0 Å². The van der Waals surface area contributed by atoms with Crippen LogP contribution in [0.1, 0.15) is 50.6 Å². The van der Waals surface area contributed by atoms with E-state index in [2.05, 4.69) is 15.2 Å². The van der Waals surface area contributed by atoms with Crippen LogP contribution in [0.25, 0.3) is 10.6 Å². The predicted molar refractivity (Wildman–Crippen MR) is 120 cm³/mol. The van der Waals surface area contributed by atoms with Crippen molar-refractivity contribution in [2.45, 2.75) is 51.5 Å². The number of amides is 1. The van der Waals surface area contributed by atoms with Crippen molar-refractivity contribution in [2.24, 2.45) is 5.92 Å². The molecule has 29 heavy (non-hydrogen) atoms. The van der Waals surface area contributed by atoms with Crippen molar-refractivity contribution in [1.29, 1.82) is 0 Å². The SMILES string of the molecule is O=C(CCC1CCCCC1)N1CCN(Cc2csc(-c3ccc(Cl)cc3)n2)CC1. The highest BCUT2D eigenvalue weighted by Gasteiger charge is 2.23. The van der Waals surface area contributed by atoms with Crippen molar-refractivity contribution < 1.29 is 4.79 Å². The lowest BCUT2D eigenvalue weighted by Crippen LogP contribution is -2.48. The summed E-state index contributed by atoms with van der Waals surface area (Å²) in [5.74, 6) is 1.14. The van der Waals surface area contributed by atoms with Gasteiger partial charge >= 0.3 is 0 Å². The molecule has 0 bridgehead atoms. The maximum atomic E-state index is 12.6. The molecule has 0 spiro atoms. The molecule has 4 nitrogen and oxygen atoms in total. The fourth-order valence-electron chi connectivity index (χ4n) is 4.45. The Morgan fingerprint density at radius 1 is 1.07 bits per heavy atom. The van der Waals surface area contributed by atoms with Gasteiger partial charge in [0, 0.05) is 55.1 Å². The quantitative estimate of drug-likeness (QED) is 0.608. The second kappa shape index (κ2) is 10.1. The normalized spacial score (nSPS) is 18.9. The second-order valence-electron chi connectivity index (χ2n) is 8.35. The topological polar surface area (TPSA) is 36.4 Å². The summed E-state index contributed by atoms with van der Waals surface area (Å²) in [6, 6.07) is 7.84. The zero-order chi connectivity index (χ0) is 20.1. The Labute approximate surface area is 182 Å². The minimum atomic E-state index is 0.355. The highest BCUT2D eigenvalue weighted by atomic mass is 35.5. The van der Waals surface area contributed by atoms with Crippen molar-refractivity contribution in [1.82, 2.24) is 14.8 Å². The number of benzene rings is 1. The molecule has 0 unspecified atom stereocenters. The molecule has 156 valence electrons. The van der Waals surface area contributed by atoms with E-state index in [1.807, 2.05) is 24.3 Å². The average molecular weight is 432 g/mol. The Kier molecular flexibility index (Phi) is 7.22. The summed E-state index contributed by atoms with van der Waals surface area (Å²) in [6.07, 6.45) is 8.57. The lowest BCUT2D eigenvalue weighted by molar-refractivity contribution is -0.133. The van der Waals surface area contributed by atoms with E-state index in [1.54, 1.807) is 11.3 Å². The summed E-state index contributed by atoms with van der Waals surface area (Å²) in [7, 11) is 0. The van der Waals surface area contributed by atoms with Crippen LogP contribution in [-0.4, -0.2) is 46.9 Å². The molecule has 1 amide bonds. The lowest BCUT2D eigenvalue weighted by atomic mass is 9.86. The molecule has 6 heteroatoms. The zero-order valence-corrected chi connectivity index (χ0v) is 18.6. The van der Waals surface area contributed by atoms with Crippen LogP contribution in [0, 0.1) is 5.92 Å². The third-order valence-corrected chi connectivity index (χ3v) is 7.44. The Hall–Kier alpha value is -1.43. The van der Waals surface area contributed by atoms with Crippen molar-refractivity contribution in [3.05, 3.63) is 40.4 Å². The van der Waals surface area contributed by atoms with Gasteiger partial charge < -0.3 is 4.90 Å². The minimum Gasteiger partial charge on any atom is -0.340 e. The van der Waals surface area contributed by atoms with Gasteiger partial charge in [0.25, 0.3) is 0 Å². The number of nitrogens with zero attached hydrogens (tertiary/aromatic N) is 3. The summed E-state index contributed by atoms with van der Waals surface area (Å²) >= 11 is 7.65. The first-order valence-electron chi connectivity index (χ1n) is 10.9. The Balaban J connectivity index is 1.21. The Morgan fingerprint density at radius 3 is 2.52 bits per heavy atom.